The Kier molecular flexibility index (Phi) is 3.99. The van der Waals surface area contributed by atoms with E-state index >= 15 is 0 Å². The number of aromatic nitrogens is 2. The maximum Gasteiger partial charge on any atom is 0.0522 e. The molecule has 1 aromatic carbocycles. The number of aryl methyl sites for hydroxylation is 1. The van der Waals surface area contributed by atoms with Gasteiger partial charge in [0.05, 0.1) is 6.20 Å². The number of nitrogens with zero attached hydrogens (tertiary/aromatic N) is 3. The van der Waals surface area contributed by atoms with Gasteiger partial charge in [-0.1, -0.05) is 12.1 Å². The molecule has 0 fully saturated rings. The molecule has 1 heterocycles. The van der Waals surface area contributed by atoms with E-state index < -0.39 is 0 Å². The molecular weight excluding hydrogens is 224 g/mol. The van der Waals surface area contributed by atoms with E-state index in [1.807, 2.05) is 30.1 Å². The summed E-state index contributed by atoms with van der Waals surface area (Å²) < 4.78 is 1.84. The number of hydrogen-bond acceptors (Lipinski definition) is 3. The minimum atomic E-state index is 0.816. The van der Waals surface area contributed by atoms with Crippen LogP contribution in [0.1, 0.15) is 11.1 Å². The molecule has 0 aliphatic rings. The fourth-order valence-electron chi connectivity index (χ4n) is 1.93. The summed E-state index contributed by atoms with van der Waals surface area (Å²) in [5.74, 6) is 0. The number of likely N-dealkylation sites (N-methyl/N-ethyl adjacent to an activating group) is 1. The van der Waals surface area contributed by atoms with Crippen LogP contribution in [0.25, 0.3) is 0 Å². The van der Waals surface area contributed by atoms with Crippen molar-refractivity contribution in [1.29, 1.82) is 0 Å². The van der Waals surface area contributed by atoms with Crippen LogP contribution >= 0.6 is 0 Å². The Labute approximate surface area is 108 Å². The van der Waals surface area contributed by atoms with E-state index in [9.17, 15) is 0 Å². The predicted molar refractivity (Wildman–Crippen MR) is 74.1 cm³/mol. The van der Waals surface area contributed by atoms with Gasteiger partial charge in [0.2, 0.25) is 0 Å². The molecule has 2 rings (SSSR count). The van der Waals surface area contributed by atoms with Gasteiger partial charge in [-0.15, -0.1) is 0 Å². The summed E-state index contributed by atoms with van der Waals surface area (Å²) in [4.78, 5) is 2.30. The van der Waals surface area contributed by atoms with E-state index in [2.05, 4.69) is 35.4 Å². The summed E-state index contributed by atoms with van der Waals surface area (Å²) in [6.45, 7) is 1.97. The minimum absolute atomic E-state index is 0.816. The van der Waals surface area contributed by atoms with Gasteiger partial charge in [0.15, 0.2) is 0 Å². The van der Waals surface area contributed by atoms with Crippen LogP contribution in [0.5, 0.6) is 0 Å². The number of anilines is 1. The molecule has 0 spiro atoms. The van der Waals surface area contributed by atoms with Gasteiger partial charge in [0, 0.05) is 32.0 Å². The number of nitrogens with two attached hydrogens (primary N) is 1. The molecule has 0 unspecified atom stereocenters. The molecule has 2 aromatic rings. The van der Waals surface area contributed by atoms with E-state index in [0.29, 0.717) is 0 Å². The van der Waals surface area contributed by atoms with Crippen molar-refractivity contribution < 1.29 is 0 Å². The zero-order chi connectivity index (χ0) is 13.0. The number of hydrogen-bond donors (Lipinski definition) is 1. The largest absolute Gasteiger partial charge is 0.399 e. The first-order valence-electron chi connectivity index (χ1n) is 6.14. The molecule has 4 heteroatoms. The van der Waals surface area contributed by atoms with Crippen molar-refractivity contribution in [3.05, 3.63) is 47.8 Å². The van der Waals surface area contributed by atoms with E-state index in [0.717, 1.165) is 25.2 Å². The van der Waals surface area contributed by atoms with E-state index in [4.69, 9.17) is 5.73 Å². The van der Waals surface area contributed by atoms with Crippen LogP contribution in [-0.4, -0.2) is 28.3 Å². The highest BCUT2D eigenvalue weighted by Gasteiger charge is 2.02. The summed E-state index contributed by atoms with van der Waals surface area (Å²) in [5.41, 5.74) is 9.06. The van der Waals surface area contributed by atoms with Gasteiger partial charge in [-0.3, -0.25) is 4.68 Å². The van der Waals surface area contributed by atoms with Crippen molar-refractivity contribution in [3.63, 3.8) is 0 Å². The monoisotopic (exact) mass is 244 g/mol. The standard InChI is InChI=1S/C14H20N4/c1-17(8-7-13-9-16-18(2)11-13)10-12-3-5-14(15)6-4-12/h3-6,9,11H,7-8,10,15H2,1-2H3. The lowest BCUT2D eigenvalue weighted by molar-refractivity contribution is 0.331. The summed E-state index contributed by atoms with van der Waals surface area (Å²) in [7, 11) is 4.08. The molecule has 18 heavy (non-hydrogen) atoms. The molecular formula is C14H20N4. The lowest BCUT2D eigenvalue weighted by atomic mass is 10.2. The molecule has 0 saturated heterocycles. The average molecular weight is 244 g/mol. The third kappa shape index (κ3) is 3.60. The predicted octanol–water partition coefficient (Wildman–Crippen LogP) is 1.68. The third-order valence-electron chi connectivity index (χ3n) is 2.97. The Morgan fingerprint density at radius 1 is 1.22 bits per heavy atom. The normalized spacial score (nSPS) is 11.1. The van der Waals surface area contributed by atoms with Gasteiger partial charge in [-0.2, -0.15) is 5.10 Å². The molecule has 0 amide bonds. The first-order chi connectivity index (χ1) is 8.63. The fourth-order valence-corrected chi connectivity index (χ4v) is 1.93. The van der Waals surface area contributed by atoms with Crippen molar-refractivity contribution in [3.8, 4) is 0 Å². The zero-order valence-electron chi connectivity index (χ0n) is 11.0. The van der Waals surface area contributed by atoms with Gasteiger partial charge in [-0.05, 0) is 36.7 Å². The van der Waals surface area contributed by atoms with Crippen molar-refractivity contribution in [2.24, 2.45) is 7.05 Å². The molecule has 4 nitrogen and oxygen atoms in total. The molecule has 0 aliphatic heterocycles. The van der Waals surface area contributed by atoms with Crippen LogP contribution in [0.3, 0.4) is 0 Å². The fraction of sp³-hybridized carbons (Fsp3) is 0.357. The molecule has 0 saturated carbocycles. The first kappa shape index (κ1) is 12.6. The highest BCUT2D eigenvalue weighted by Crippen LogP contribution is 2.08. The Hall–Kier alpha value is -1.81. The van der Waals surface area contributed by atoms with Gasteiger partial charge < -0.3 is 10.6 Å². The molecule has 0 bridgehead atoms. The maximum atomic E-state index is 5.67. The molecule has 0 atom stereocenters. The van der Waals surface area contributed by atoms with Gasteiger partial charge in [0.1, 0.15) is 0 Å². The molecule has 1 aromatic heterocycles. The van der Waals surface area contributed by atoms with E-state index in [-0.39, 0.29) is 0 Å². The van der Waals surface area contributed by atoms with Crippen LogP contribution in [0.2, 0.25) is 0 Å². The second-order valence-corrected chi connectivity index (χ2v) is 4.75. The van der Waals surface area contributed by atoms with Crippen LogP contribution in [0, 0.1) is 0 Å². The van der Waals surface area contributed by atoms with E-state index in [1.54, 1.807) is 0 Å². The maximum absolute atomic E-state index is 5.67. The number of benzene rings is 1. The van der Waals surface area contributed by atoms with Crippen LogP contribution in [0.4, 0.5) is 5.69 Å². The Morgan fingerprint density at radius 3 is 2.56 bits per heavy atom. The summed E-state index contributed by atoms with van der Waals surface area (Å²) in [6.07, 6.45) is 5.02. The summed E-state index contributed by atoms with van der Waals surface area (Å²) >= 11 is 0. The summed E-state index contributed by atoms with van der Waals surface area (Å²) in [6, 6.07) is 8.06. The van der Waals surface area contributed by atoms with Crippen LogP contribution in [-0.2, 0) is 20.0 Å². The van der Waals surface area contributed by atoms with Gasteiger partial charge in [0.25, 0.3) is 0 Å². The highest BCUT2D eigenvalue weighted by atomic mass is 15.2. The smallest absolute Gasteiger partial charge is 0.0522 e. The molecule has 96 valence electrons. The lowest BCUT2D eigenvalue weighted by Gasteiger charge is -2.16. The second kappa shape index (κ2) is 5.69. The number of nitrogen functional groups attached to an aromatic ring is 1. The second-order valence-electron chi connectivity index (χ2n) is 4.75. The number of rotatable bonds is 5. The van der Waals surface area contributed by atoms with Crippen LogP contribution in [0.15, 0.2) is 36.7 Å². The van der Waals surface area contributed by atoms with E-state index in [1.165, 1.54) is 11.1 Å². The van der Waals surface area contributed by atoms with Gasteiger partial charge in [-0.25, -0.2) is 0 Å². The van der Waals surface area contributed by atoms with Crippen molar-refractivity contribution in [2.75, 3.05) is 19.3 Å². The first-order valence-corrected chi connectivity index (χ1v) is 6.14. The van der Waals surface area contributed by atoms with Crippen LogP contribution < -0.4 is 5.73 Å². The Morgan fingerprint density at radius 2 is 1.94 bits per heavy atom. The molecule has 2 N–H and O–H groups in total. The topological polar surface area (TPSA) is 47.1 Å². The Bertz CT molecular complexity index is 487. The van der Waals surface area contributed by atoms with Crippen molar-refractivity contribution >= 4 is 5.69 Å². The average Bonchev–Trinajstić information content (AvgIpc) is 2.76. The summed E-state index contributed by atoms with van der Waals surface area (Å²) in [5, 5.41) is 4.17. The van der Waals surface area contributed by atoms with Crippen molar-refractivity contribution in [1.82, 2.24) is 14.7 Å². The SMILES string of the molecule is CN(CCc1cnn(C)c1)Cc1ccc(N)cc1. The quantitative estimate of drug-likeness (QED) is 0.814. The third-order valence-corrected chi connectivity index (χ3v) is 2.97. The van der Waals surface area contributed by atoms with Gasteiger partial charge >= 0.3 is 0 Å². The highest BCUT2D eigenvalue weighted by molar-refractivity contribution is 5.39. The lowest BCUT2D eigenvalue weighted by Crippen LogP contribution is -2.20. The zero-order valence-corrected chi connectivity index (χ0v) is 11.0. The minimum Gasteiger partial charge on any atom is -0.399 e. The molecule has 0 radical (unpaired) electrons. The van der Waals surface area contributed by atoms with Crippen molar-refractivity contribution in [2.45, 2.75) is 13.0 Å². The molecule has 0 aliphatic carbocycles. The Balaban J connectivity index is 1.81.